The number of anilines is 1. The summed E-state index contributed by atoms with van der Waals surface area (Å²) in [5.74, 6) is 2.18. The molecule has 0 aliphatic carbocycles. The number of carbonyl (C=O) groups excluding carboxylic acids is 1. The fourth-order valence-electron chi connectivity index (χ4n) is 2.73. The number of aryl methyl sites for hydroxylation is 1. The maximum Gasteiger partial charge on any atom is 0.262 e. The van der Waals surface area contributed by atoms with Crippen LogP contribution in [0.3, 0.4) is 0 Å². The van der Waals surface area contributed by atoms with E-state index in [-0.39, 0.29) is 12.0 Å². The third-order valence-corrected chi connectivity index (χ3v) is 6.09. The van der Waals surface area contributed by atoms with Crippen molar-refractivity contribution in [3.05, 3.63) is 47.7 Å². The van der Waals surface area contributed by atoms with Gasteiger partial charge in [0.2, 0.25) is 5.88 Å². The third-order valence-electron chi connectivity index (χ3n) is 4.02. The highest BCUT2D eigenvalue weighted by Crippen LogP contribution is 2.29. The van der Waals surface area contributed by atoms with Crippen LogP contribution in [-0.2, 0) is 0 Å². The molecule has 0 spiro atoms. The molecule has 1 atom stereocenters. The summed E-state index contributed by atoms with van der Waals surface area (Å²) < 4.78 is 6.99. The molecule has 1 aliphatic rings. The van der Waals surface area contributed by atoms with Gasteiger partial charge in [-0.3, -0.25) is 10.1 Å². The summed E-state index contributed by atoms with van der Waals surface area (Å²) >= 11 is 3.33. The van der Waals surface area contributed by atoms with Crippen molar-refractivity contribution in [1.29, 1.82) is 0 Å². The Labute approximate surface area is 153 Å². The van der Waals surface area contributed by atoms with Crippen molar-refractivity contribution in [2.45, 2.75) is 19.4 Å². The van der Waals surface area contributed by atoms with E-state index in [1.807, 2.05) is 36.9 Å². The van der Waals surface area contributed by atoms with Crippen LogP contribution in [0.2, 0.25) is 0 Å². The first-order valence-corrected chi connectivity index (χ1v) is 10.0. The number of nitrogens with one attached hydrogen (secondary N) is 1. The Morgan fingerprint density at radius 1 is 1.32 bits per heavy atom. The molecule has 1 aliphatic heterocycles. The zero-order chi connectivity index (χ0) is 17.2. The highest BCUT2D eigenvalue weighted by Gasteiger charge is 2.22. The number of thiazole rings is 1. The number of ether oxygens (including phenoxy) is 1. The fraction of sp³-hybridized carbons (Fsp3) is 0.278. The zero-order valence-corrected chi connectivity index (χ0v) is 15.3. The highest BCUT2D eigenvalue weighted by molar-refractivity contribution is 7.99. The highest BCUT2D eigenvalue weighted by atomic mass is 32.2. The van der Waals surface area contributed by atoms with Crippen LogP contribution >= 0.6 is 23.1 Å². The Morgan fingerprint density at radius 2 is 2.24 bits per heavy atom. The van der Waals surface area contributed by atoms with Crippen molar-refractivity contribution in [3.8, 4) is 5.88 Å². The molecular weight excluding hydrogens is 354 g/mol. The van der Waals surface area contributed by atoms with Gasteiger partial charge in [0.1, 0.15) is 11.7 Å². The molecule has 2 aromatic heterocycles. The average Bonchev–Trinajstić information content (AvgIpc) is 3.25. The summed E-state index contributed by atoms with van der Waals surface area (Å²) in [6, 6.07) is 9.49. The standard InChI is InChI=1S/C18H17N3O2S2/c1-11-4-2-6-14-15(11)20-18(25-14)21-16(22)13-5-3-8-19-17(13)23-12-7-9-24-10-12/h2-6,8,12H,7,9-10H2,1H3,(H,20,21,22)/t12-/m1/s1. The molecule has 1 N–H and O–H groups in total. The number of rotatable bonds is 4. The van der Waals surface area contributed by atoms with Gasteiger partial charge in [0.15, 0.2) is 5.13 Å². The molecule has 0 unspecified atom stereocenters. The lowest BCUT2D eigenvalue weighted by Crippen LogP contribution is -2.20. The molecule has 25 heavy (non-hydrogen) atoms. The normalized spacial score (nSPS) is 16.9. The second-order valence-electron chi connectivity index (χ2n) is 5.85. The van der Waals surface area contributed by atoms with Gasteiger partial charge in [0.05, 0.1) is 10.2 Å². The van der Waals surface area contributed by atoms with Gasteiger partial charge in [-0.05, 0) is 42.9 Å². The van der Waals surface area contributed by atoms with E-state index >= 15 is 0 Å². The van der Waals surface area contributed by atoms with E-state index in [1.165, 1.54) is 11.3 Å². The molecule has 7 heteroatoms. The van der Waals surface area contributed by atoms with Crippen LogP contribution in [0.1, 0.15) is 22.3 Å². The summed E-state index contributed by atoms with van der Waals surface area (Å²) in [6.07, 6.45) is 2.76. The minimum Gasteiger partial charge on any atom is -0.473 e. The minimum atomic E-state index is -0.245. The summed E-state index contributed by atoms with van der Waals surface area (Å²) in [6.45, 7) is 2.01. The Balaban J connectivity index is 1.56. The van der Waals surface area contributed by atoms with E-state index in [1.54, 1.807) is 18.3 Å². The van der Waals surface area contributed by atoms with Crippen molar-refractivity contribution >= 4 is 44.4 Å². The Kier molecular flexibility index (Phi) is 4.59. The lowest BCUT2D eigenvalue weighted by molar-refractivity contribution is 0.101. The summed E-state index contributed by atoms with van der Waals surface area (Å²) in [7, 11) is 0. The first-order valence-electron chi connectivity index (χ1n) is 8.07. The molecule has 1 amide bonds. The summed E-state index contributed by atoms with van der Waals surface area (Å²) in [4.78, 5) is 21.5. The number of hydrogen-bond donors (Lipinski definition) is 1. The Hall–Kier alpha value is -2.12. The van der Waals surface area contributed by atoms with Crippen LogP contribution in [0, 0.1) is 6.92 Å². The fourth-order valence-corrected chi connectivity index (χ4v) is 4.76. The van der Waals surface area contributed by atoms with Gasteiger partial charge in [0.25, 0.3) is 5.91 Å². The molecule has 5 nitrogen and oxygen atoms in total. The molecule has 3 heterocycles. The lowest BCUT2D eigenvalue weighted by atomic mass is 10.2. The van der Waals surface area contributed by atoms with E-state index in [0.29, 0.717) is 16.6 Å². The average molecular weight is 371 g/mol. The third kappa shape index (κ3) is 3.48. The molecular formula is C18H17N3O2S2. The largest absolute Gasteiger partial charge is 0.473 e. The molecule has 3 aromatic rings. The van der Waals surface area contributed by atoms with Crippen molar-refractivity contribution in [3.63, 3.8) is 0 Å². The number of carbonyl (C=O) groups is 1. The number of thioether (sulfide) groups is 1. The number of aromatic nitrogens is 2. The maximum absolute atomic E-state index is 12.7. The number of para-hydroxylation sites is 1. The Morgan fingerprint density at radius 3 is 3.04 bits per heavy atom. The van der Waals surface area contributed by atoms with Crippen LogP contribution in [0.25, 0.3) is 10.2 Å². The second kappa shape index (κ2) is 7.01. The van der Waals surface area contributed by atoms with Gasteiger partial charge in [-0.15, -0.1) is 0 Å². The van der Waals surface area contributed by atoms with Gasteiger partial charge in [0, 0.05) is 11.9 Å². The molecule has 1 aromatic carbocycles. The van der Waals surface area contributed by atoms with Gasteiger partial charge >= 0.3 is 0 Å². The molecule has 4 rings (SSSR count). The van der Waals surface area contributed by atoms with Crippen LogP contribution < -0.4 is 10.1 Å². The predicted molar refractivity (Wildman–Crippen MR) is 103 cm³/mol. The van der Waals surface area contributed by atoms with Gasteiger partial charge < -0.3 is 4.74 Å². The van der Waals surface area contributed by atoms with Crippen LogP contribution in [0.5, 0.6) is 5.88 Å². The molecule has 1 saturated heterocycles. The van der Waals surface area contributed by atoms with Crippen molar-refractivity contribution in [2.75, 3.05) is 16.8 Å². The number of pyridine rings is 1. The molecule has 128 valence electrons. The summed E-state index contributed by atoms with van der Waals surface area (Å²) in [5.41, 5.74) is 2.46. The SMILES string of the molecule is Cc1cccc2sc(NC(=O)c3cccnc3O[C@@H]3CCSC3)nc12. The quantitative estimate of drug-likeness (QED) is 0.747. The van der Waals surface area contributed by atoms with E-state index in [4.69, 9.17) is 4.74 Å². The first kappa shape index (κ1) is 16.4. The lowest BCUT2D eigenvalue weighted by Gasteiger charge is -2.14. The van der Waals surface area contributed by atoms with Crippen molar-refractivity contribution in [2.24, 2.45) is 0 Å². The van der Waals surface area contributed by atoms with E-state index in [2.05, 4.69) is 15.3 Å². The zero-order valence-electron chi connectivity index (χ0n) is 13.7. The maximum atomic E-state index is 12.7. The van der Waals surface area contributed by atoms with E-state index in [9.17, 15) is 4.79 Å². The van der Waals surface area contributed by atoms with Crippen molar-refractivity contribution < 1.29 is 9.53 Å². The Bertz CT molecular complexity index is 920. The predicted octanol–water partition coefficient (Wildman–Crippen LogP) is 4.14. The number of nitrogens with zero attached hydrogens (tertiary/aromatic N) is 2. The van der Waals surface area contributed by atoms with Crippen molar-refractivity contribution in [1.82, 2.24) is 9.97 Å². The van der Waals surface area contributed by atoms with E-state index in [0.717, 1.165) is 33.7 Å². The number of fused-ring (bicyclic) bond motifs is 1. The monoisotopic (exact) mass is 371 g/mol. The number of benzene rings is 1. The van der Waals surface area contributed by atoms with Gasteiger partial charge in [-0.2, -0.15) is 11.8 Å². The van der Waals surface area contributed by atoms with Crippen LogP contribution in [-0.4, -0.2) is 33.5 Å². The molecule has 0 bridgehead atoms. The number of amides is 1. The smallest absolute Gasteiger partial charge is 0.262 e. The van der Waals surface area contributed by atoms with Gasteiger partial charge in [-0.1, -0.05) is 23.5 Å². The topological polar surface area (TPSA) is 64.1 Å². The summed E-state index contributed by atoms with van der Waals surface area (Å²) in [5, 5.41) is 3.47. The van der Waals surface area contributed by atoms with Crippen LogP contribution in [0.4, 0.5) is 5.13 Å². The van der Waals surface area contributed by atoms with Gasteiger partial charge in [-0.25, -0.2) is 9.97 Å². The molecule has 1 fully saturated rings. The minimum absolute atomic E-state index is 0.122. The van der Waals surface area contributed by atoms with Crippen LogP contribution in [0.15, 0.2) is 36.5 Å². The number of hydrogen-bond acceptors (Lipinski definition) is 6. The molecule has 0 radical (unpaired) electrons. The first-order chi connectivity index (χ1) is 12.2. The second-order valence-corrected chi connectivity index (χ2v) is 8.03. The molecule has 0 saturated carbocycles. The van der Waals surface area contributed by atoms with E-state index < -0.39 is 0 Å².